The fourth-order valence-electron chi connectivity index (χ4n) is 4.00. The molecule has 7 heteroatoms. The van der Waals surface area contributed by atoms with Gasteiger partial charge in [0.1, 0.15) is 11.5 Å². The number of hydrogen-bond donors (Lipinski definition) is 1. The molecule has 0 radical (unpaired) electrons. The molecule has 0 unspecified atom stereocenters. The van der Waals surface area contributed by atoms with Crippen LogP contribution in [0, 0.1) is 6.92 Å². The molecule has 1 aliphatic heterocycles. The van der Waals surface area contributed by atoms with E-state index < -0.39 is 17.7 Å². The number of nitrogens with zero attached hydrogens (tertiary/aromatic N) is 1. The zero-order chi connectivity index (χ0) is 24.2. The number of amides is 1. The van der Waals surface area contributed by atoms with E-state index in [9.17, 15) is 14.7 Å². The molecule has 0 saturated carbocycles. The molecule has 4 rings (SSSR count). The summed E-state index contributed by atoms with van der Waals surface area (Å²) >= 11 is 12.0. The average Bonchev–Trinajstić information content (AvgIpc) is 3.08. The zero-order valence-electron chi connectivity index (χ0n) is 18.5. The van der Waals surface area contributed by atoms with Crippen LogP contribution in [0.5, 0.6) is 5.75 Å². The summed E-state index contributed by atoms with van der Waals surface area (Å²) in [6.07, 6.45) is 0.506. The average molecular weight is 496 g/mol. The van der Waals surface area contributed by atoms with E-state index >= 15 is 0 Å². The first kappa shape index (κ1) is 23.9. The number of benzene rings is 3. The third kappa shape index (κ3) is 4.96. The van der Waals surface area contributed by atoms with Gasteiger partial charge in [-0.15, -0.1) is 0 Å². The first-order valence-electron chi connectivity index (χ1n) is 10.8. The minimum absolute atomic E-state index is 0.0365. The zero-order valence-corrected chi connectivity index (χ0v) is 20.0. The Balaban J connectivity index is 1.63. The Bertz CT molecular complexity index is 1240. The molecule has 1 fully saturated rings. The van der Waals surface area contributed by atoms with Crippen LogP contribution in [0.15, 0.2) is 78.4 Å². The van der Waals surface area contributed by atoms with Crippen molar-refractivity contribution in [2.75, 3.05) is 13.2 Å². The van der Waals surface area contributed by atoms with Crippen LogP contribution in [-0.2, 0) is 9.59 Å². The van der Waals surface area contributed by atoms with Crippen LogP contribution in [-0.4, -0.2) is 34.8 Å². The number of aryl methyl sites for hydroxylation is 1. The van der Waals surface area contributed by atoms with Crippen molar-refractivity contribution < 1.29 is 19.4 Å². The Kier molecular flexibility index (Phi) is 7.25. The van der Waals surface area contributed by atoms with E-state index in [4.69, 9.17) is 27.9 Å². The van der Waals surface area contributed by atoms with Crippen molar-refractivity contribution >= 4 is 40.7 Å². The van der Waals surface area contributed by atoms with E-state index in [1.165, 1.54) is 4.90 Å². The Morgan fingerprint density at radius 3 is 2.21 bits per heavy atom. The molecule has 174 valence electrons. The highest BCUT2D eigenvalue weighted by Gasteiger charge is 2.45. The number of halogens is 2. The molecule has 3 aromatic rings. The monoisotopic (exact) mass is 495 g/mol. The molecule has 0 aliphatic carbocycles. The highest BCUT2D eigenvalue weighted by Crippen LogP contribution is 2.39. The molecule has 1 saturated heterocycles. The molecule has 1 N–H and O–H groups in total. The second-order valence-electron chi connectivity index (χ2n) is 8.02. The first-order chi connectivity index (χ1) is 16.4. The fourth-order valence-corrected chi connectivity index (χ4v) is 4.25. The van der Waals surface area contributed by atoms with Gasteiger partial charge in [0.05, 0.1) is 18.2 Å². The van der Waals surface area contributed by atoms with Gasteiger partial charge in [-0.25, -0.2) is 0 Å². The molecule has 1 amide bonds. The van der Waals surface area contributed by atoms with E-state index in [2.05, 4.69) is 0 Å². The number of rotatable bonds is 7. The maximum Gasteiger partial charge on any atom is 0.295 e. The lowest BCUT2D eigenvalue weighted by Crippen LogP contribution is -2.31. The van der Waals surface area contributed by atoms with Gasteiger partial charge in [0.25, 0.3) is 11.7 Å². The number of ether oxygens (including phenoxy) is 1. The van der Waals surface area contributed by atoms with Crippen molar-refractivity contribution in [2.45, 2.75) is 19.4 Å². The molecule has 1 aliphatic rings. The SMILES string of the molecule is Cc1ccccc1OCCCN1C(=O)C(=O)C(=C(O)c2ccc(Cl)cc2)[C@H]1c1ccc(Cl)cc1. The summed E-state index contributed by atoms with van der Waals surface area (Å²) in [7, 11) is 0. The summed E-state index contributed by atoms with van der Waals surface area (Å²) in [6, 6.07) is 20.3. The van der Waals surface area contributed by atoms with Crippen LogP contribution in [0.4, 0.5) is 0 Å². The van der Waals surface area contributed by atoms with Gasteiger partial charge in [-0.2, -0.15) is 0 Å². The molecule has 5 nitrogen and oxygen atoms in total. The molecule has 1 heterocycles. The number of ketones is 1. The van der Waals surface area contributed by atoms with E-state index in [0.29, 0.717) is 34.2 Å². The van der Waals surface area contributed by atoms with Crippen LogP contribution >= 0.6 is 23.2 Å². The maximum absolute atomic E-state index is 13.1. The van der Waals surface area contributed by atoms with Gasteiger partial charge in [-0.1, -0.05) is 53.5 Å². The van der Waals surface area contributed by atoms with Gasteiger partial charge in [-0.3, -0.25) is 9.59 Å². The predicted molar refractivity (Wildman–Crippen MR) is 133 cm³/mol. The van der Waals surface area contributed by atoms with Crippen molar-refractivity contribution in [2.24, 2.45) is 0 Å². The normalized spacial score (nSPS) is 17.3. The number of para-hydroxylation sites is 1. The highest BCUT2D eigenvalue weighted by atomic mass is 35.5. The highest BCUT2D eigenvalue weighted by molar-refractivity contribution is 6.46. The molecule has 0 aromatic heterocycles. The summed E-state index contributed by atoms with van der Waals surface area (Å²) in [5.74, 6) is -0.853. The molecule has 0 spiro atoms. The third-order valence-electron chi connectivity index (χ3n) is 5.74. The summed E-state index contributed by atoms with van der Waals surface area (Å²) < 4.78 is 5.86. The summed E-state index contributed by atoms with van der Waals surface area (Å²) in [5.41, 5.74) is 2.14. The van der Waals surface area contributed by atoms with E-state index in [1.54, 1.807) is 48.5 Å². The van der Waals surface area contributed by atoms with Crippen LogP contribution in [0.1, 0.15) is 29.2 Å². The number of Topliss-reactive ketones (excluding diaryl/α,β-unsaturated/α-hetero) is 1. The summed E-state index contributed by atoms with van der Waals surface area (Å²) in [5, 5.41) is 12.1. The largest absolute Gasteiger partial charge is 0.507 e. The van der Waals surface area contributed by atoms with Crippen molar-refractivity contribution in [3.8, 4) is 5.75 Å². The van der Waals surface area contributed by atoms with Gasteiger partial charge < -0.3 is 14.7 Å². The lowest BCUT2D eigenvalue weighted by molar-refractivity contribution is -0.140. The van der Waals surface area contributed by atoms with Crippen LogP contribution < -0.4 is 4.74 Å². The maximum atomic E-state index is 13.1. The second kappa shape index (κ2) is 10.3. The number of aliphatic hydroxyl groups is 1. The van der Waals surface area contributed by atoms with Crippen LogP contribution in [0.25, 0.3) is 5.76 Å². The Hall–Kier alpha value is -3.28. The Morgan fingerprint density at radius 1 is 0.941 bits per heavy atom. The van der Waals surface area contributed by atoms with Crippen molar-refractivity contribution in [3.63, 3.8) is 0 Å². The van der Waals surface area contributed by atoms with E-state index in [-0.39, 0.29) is 17.9 Å². The minimum Gasteiger partial charge on any atom is -0.507 e. The summed E-state index contributed by atoms with van der Waals surface area (Å²) in [4.78, 5) is 27.6. The molecule has 3 aromatic carbocycles. The first-order valence-corrected chi connectivity index (χ1v) is 11.6. The molecule has 1 atom stereocenters. The molecule has 34 heavy (non-hydrogen) atoms. The van der Waals surface area contributed by atoms with E-state index in [0.717, 1.165) is 11.3 Å². The minimum atomic E-state index is -0.744. The Morgan fingerprint density at radius 2 is 1.56 bits per heavy atom. The van der Waals surface area contributed by atoms with E-state index in [1.807, 2.05) is 31.2 Å². The van der Waals surface area contributed by atoms with Crippen molar-refractivity contribution in [1.82, 2.24) is 4.90 Å². The standard InChI is InChI=1S/C27H23Cl2NO4/c1-17-5-2-3-6-22(17)34-16-4-15-30-24(18-7-11-20(28)12-8-18)23(26(32)27(30)33)25(31)19-9-13-21(29)14-10-19/h2-3,5-14,24,31H,4,15-16H2,1H3/t24-/m1/s1. The second-order valence-corrected chi connectivity index (χ2v) is 8.89. The van der Waals surface area contributed by atoms with Crippen LogP contribution in [0.2, 0.25) is 10.0 Å². The topological polar surface area (TPSA) is 66.8 Å². The summed E-state index contributed by atoms with van der Waals surface area (Å²) in [6.45, 7) is 2.62. The van der Waals surface area contributed by atoms with Gasteiger partial charge >= 0.3 is 0 Å². The van der Waals surface area contributed by atoms with Crippen molar-refractivity contribution in [1.29, 1.82) is 0 Å². The number of likely N-dealkylation sites (tertiary alicyclic amines) is 1. The van der Waals surface area contributed by atoms with Gasteiger partial charge in [0.2, 0.25) is 0 Å². The lowest BCUT2D eigenvalue weighted by atomic mass is 9.95. The van der Waals surface area contributed by atoms with Crippen LogP contribution in [0.3, 0.4) is 0 Å². The number of hydrogen-bond acceptors (Lipinski definition) is 4. The van der Waals surface area contributed by atoms with Crippen molar-refractivity contribution in [3.05, 3.63) is 105 Å². The third-order valence-corrected chi connectivity index (χ3v) is 6.24. The van der Waals surface area contributed by atoms with Gasteiger partial charge in [-0.05, 0) is 66.9 Å². The number of aliphatic hydroxyl groups excluding tert-OH is 1. The lowest BCUT2D eigenvalue weighted by Gasteiger charge is -2.25. The number of carbonyl (C=O) groups excluding carboxylic acids is 2. The predicted octanol–water partition coefficient (Wildman–Crippen LogP) is 6.19. The Labute approximate surface area is 208 Å². The fraction of sp³-hybridized carbons (Fsp3) is 0.185. The smallest absolute Gasteiger partial charge is 0.295 e. The molecular formula is C27H23Cl2NO4. The molecule has 0 bridgehead atoms. The number of carbonyl (C=O) groups is 2. The quantitative estimate of drug-likeness (QED) is 0.183. The van der Waals surface area contributed by atoms with Gasteiger partial charge in [0, 0.05) is 22.2 Å². The molecular weight excluding hydrogens is 473 g/mol. The van der Waals surface area contributed by atoms with Gasteiger partial charge in [0.15, 0.2) is 0 Å².